The molecule has 0 aromatic carbocycles. The minimum absolute atomic E-state index is 0.517. The summed E-state index contributed by atoms with van der Waals surface area (Å²) < 4.78 is 12.6. The molecule has 1 fully saturated rings. The van der Waals surface area contributed by atoms with Crippen molar-refractivity contribution in [2.45, 2.75) is 32.9 Å². The first kappa shape index (κ1) is 13.4. The summed E-state index contributed by atoms with van der Waals surface area (Å²) in [6.07, 6.45) is 1.07. The van der Waals surface area contributed by atoms with Gasteiger partial charge in [0.15, 0.2) is 0 Å². The Morgan fingerprint density at radius 2 is 2.33 bits per heavy atom. The minimum Gasteiger partial charge on any atom is -0.481 e. The van der Waals surface area contributed by atoms with Crippen LogP contribution < -0.4 is 10.1 Å². The van der Waals surface area contributed by atoms with Gasteiger partial charge in [0.25, 0.3) is 0 Å². The largest absolute Gasteiger partial charge is 0.481 e. The summed E-state index contributed by atoms with van der Waals surface area (Å²) in [5.74, 6) is 1.40. The van der Waals surface area contributed by atoms with Crippen molar-refractivity contribution in [2.75, 3.05) is 20.3 Å². The van der Waals surface area contributed by atoms with Gasteiger partial charge in [-0.3, -0.25) is 0 Å². The van der Waals surface area contributed by atoms with Crippen molar-refractivity contribution in [3.63, 3.8) is 0 Å². The molecule has 2 rings (SSSR count). The molecule has 0 amide bonds. The third-order valence-electron chi connectivity index (χ3n) is 3.66. The molecule has 2 heterocycles. The molecule has 0 aliphatic carbocycles. The number of aromatic nitrogens is 2. The van der Waals surface area contributed by atoms with E-state index in [4.69, 9.17) is 9.47 Å². The number of aryl methyl sites for hydroxylation is 2. The van der Waals surface area contributed by atoms with Crippen LogP contribution in [0.1, 0.15) is 24.6 Å². The van der Waals surface area contributed by atoms with E-state index in [1.165, 1.54) is 0 Å². The van der Waals surface area contributed by atoms with Crippen LogP contribution >= 0.6 is 0 Å². The van der Waals surface area contributed by atoms with Crippen molar-refractivity contribution in [3.8, 4) is 5.88 Å². The third kappa shape index (κ3) is 2.67. The molecule has 102 valence electrons. The number of hydrogen-bond acceptors (Lipinski definition) is 4. The molecule has 2 atom stereocenters. The fraction of sp³-hybridized carbons (Fsp3) is 0.769. The van der Waals surface area contributed by atoms with E-state index in [-0.39, 0.29) is 0 Å². The summed E-state index contributed by atoms with van der Waals surface area (Å²) >= 11 is 0. The van der Waals surface area contributed by atoms with Gasteiger partial charge in [-0.2, -0.15) is 5.10 Å². The molecule has 0 spiro atoms. The zero-order chi connectivity index (χ0) is 13.1. The molecule has 1 aliphatic rings. The van der Waals surface area contributed by atoms with Gasteiger partial charge in [0, 0.05) is 26.2 Å². The number of hydrogen-bond donors (Lipinski definition) is 1. The smallest absolute Gasteiger partial charge is 0.216 e. The van der Waals surface area contributed by atoms with Crippen LogP contribution in [0.25, 0.3) is 0 Å². The maximum absolute atomic E-state index is 5.46. The van der Waals surface area contributed by atoms with Gasteiger partial charge in [-0.25, -0.2) is 4.68 Å². The highest BCUT2D eigenvalue weighted by molar-refractivity contribution is 5.30. The third-order valence-corrected chi connectivity index (χ3v) is 3.66. The van der Waals surface area contributed by atoms with Gasteiger partial charge in [-0.1, -0.05) is 6.92 Å². The molecular weight excluding hydrogens is 230 g/mol. The molecule has 1 aliphatic heterocycles. The Balaban J connectivity index is 2.01. The van der Waals surface area contributed by atoms with Crippen molar-refractivity contribution in [1.82, 2.24) is 15.1 Å². The van der Waals surface area contributed by atoms with Crippen LogP contribution in [-0.4, -0.2) is 36.1 Å². The molecule has 0 radical (unpaired) electrons. The Morgan fingerprint density at radius 3 is 3.00 bits per heavy atom. The zero-order valence-electron chi connectivity index (χ0n) is 11.7. The summed E-state index contributed by atoms with van der Waals surface area (Å²) in [4.78, 5) is 0. The Hall–Kier alpha value is -1.07. The van der Waals surface area contributed by atoms with E-state index in [2.05, 4.69) is 17.3 Å². The van der Waals surface area contributed by atoms with Gasteiger partial charge in [0.2, 0.25) is 5.88 Å². The Kier molecular flexibility index (Phi) is 4.24. The molecule has 1 aromatic heterocycles. The monoisotopic (exact) mass is 253 g/mol. The second-order valence-corrected chi connectivity index (χ2v) is 5.03. The fourth-order valence-corrected chi connectivity index (χ4v) is 2.56. The second-order valence-electron chi connectivity index (χ2n) is 5.03. The number of methoxy groups -OCH3 is 1. The van der Waals surface area contributed by atoms with E-state index in [0.29, 0.717) is 12.0 Å². The average molecular weight is 253 g/mol. The topological polar surface area (TPSA) is 48.3 Å². The lowest BCUT2D eigenvalue weighted by Crippen LogP contribution is -2.41. The Morgan fingerprint density at radius 1 is 1.56 bits per heavy atom. The molecule has 18 heavy (non-hydrogen) atoms. The maximum atomic E-state index is 5.46. The molecule has 0 bridgehead atoms. The number of nitrogens with zero attached hydrogens (tertiary/aromatic N) is 2. The molecule has 2 unspecified atom stereocenters. The van der Waals surface area contributed by atoms with E-state index in [0.717, 1.165) is 43.3 Å². The number of ether oxygens (including phenoxy) is 2. The van der Waals surface area contributed by atoms with E-state index in [1.807, 2.05) is 14.0 Å². The summed E-state index contributed by atoms with van der Waals surface area (Å²) in [7, 11) is 3.60. The number of rotatable bonds is 4. The van der Waals surface area contributed by atoms with E-state index in [1.54, 1.807) is 11.8 Å². The van der Waals surface area contributed by atoms with E-state index < -0.39 is 0 Å². The van der Waals surface area contributed by atoms with Crippen LogP contribution in [0.15, 0.2) is 0 Å². The van der Waals surface area contributed by atoms with Gasteiger partial charge in [0.05, 0.1) is 25.0 Å². The fourth-order valence-electron chi connectivity index (χ4n) is 2.56. The van der Waals surface area contributed by atoms with Gasteiger partial charge in [-0.05, 0) is 19.3 Å². The maximum Gasteiger partial charge on any atom is 0.216 e. The molecular formula is C13H23N3O2. The summed E-state index contributed by atoms with van der Waals surface area (Å²) in [6.45, 7) is 6.75. The lowest BCUT2D eigenvalue weighted by Gasteiger charge is -2.29. The highest BCUT2D eigenvalue weighted by atomic mass is 16.5. The van der Waals surface area contributed by atoms with Crippen molar-refractivity contribution >= 4 is 0 Å². The predicted molar refractivity (Wildman–Crippen MR) is 69.7 cm³/mol. The lowest BCUT2D eigenvalue weighted by atomic mass is 9.97. The van der Waals surface area contributed by atoms with Crippen LogP contribution in [0.3, 0.4) is 0 Å². The first-order valence-corrected chi connectivity index (χ1v) is 6.51. The van der Waals surface area contributed by atoms with Crippen LogP contribution in [0.5, 0.6) is 5.88 Å². The van der Waals surface area contributed by atoms with Crippen molar-refractivity contribution < 1.29 is 9.47 Å². The van der Waals surface area contributed by atoms with Gasteiger partial charge in [-0.15, -0.1) is 0 Å². The quantitative estimate of drug-likeness (QED) is 0.877. The van der Waals surface area contributed by atoms with Crippen molar-refractivity contribution in [1.29, 1.82) is 0 Å². The molecule has 1 saturated heterocycles. The second kappa shape index (κ2) is 5.71. The van der Waals surface area contributed by atoms with Crippen molar-refractivity contribution in [2.24, 2.45) is 13.0 Å². The van der Waals surface area contributed by atoms with E-state index >= 15 is 0 Å². The summed E-state index contributed by atoms with van der Waals surface area (Å²) in [5.41, 5.74) is 2.18. The van der Waals surface area contributed by atoms with Crippen LogP contribution in [0, 0.1) is 12.8 Å². The first-order chi connectivity index (χ1) is 8.63. The molecule has 5 heteroatoms. The SMILES string of the molecule is COc1c(CNC2CCOCC2C)c(C)nn1C. The Bertz CT molecular complexity index is 403. The highest BCUT2D eigenvalue weighted by Crippen LogP contribution is 2.22. The highest BCUT2D eigenvalue weighted by Gasteiger charge is 2.22. The lowest BCUT2D eigenvalue weighted by molar-refractivity contribution is 0.0386. The van der Waals surface area contributed by atoms with Gasteiger partial charge >= 0.3 is 0 Å². The van der Waals surface area contributed by atoms with Crippen LogP contribution in [0.4, 0.5) is 0 Å². The van der Waals surface area contributed by atoms with Crippen LogP contribution in [-0.2, 0) is 18.3 Å². The van der Waals surface area contributed by atoms with Gasteiger partial charge < -0.3 is 14.8 Å². The Labute approximate surface area is 108 Å². The molecule has 0 saturated carbocycles. The zero-order valence-corrected chi connectivity index (χ0v) is 11.7. The predicted octanol–water partition coefficient (Wildman–Crippen LogP) is 1.25. The first-order valence-electron chi connectivity index (χ1n) is 6.51. The minimum atomic E-state index is 0.517. The van der Waals surface area contributed by atoms with E-state index in [9.17, 15) is 0 Å². The molecule has 1 aromatic rings. The standard InChI is InChI=1S/C13H23N3O2/c1-9-8-18-6-5-12(9)14-7-11-10(2)15-16(3)13(11)17-4/h9,12,14H,5-8H2,1-4H3. The van der Waals surface area contributed by atoms with Gasteiger partial charge in [0.1, 0.15) is 0 Å². The summed E-state index contributed by atoms with van der Waals surface area (Å²) in [5, 5.41) is 7.99. The average Bonchev–Trinajstić information content (AvgIpc) is 2.62. The molecule has 5 nitrogen and oxygen atoms in total. The van der Waals surface area contributed by atoms with Crippen molar-refractivity contribution in [3.05, 3.63) is 11.3 Å². The van der Waals surface area contributed by atoms with Crippen LogP contribution in [0.2, 0.25) is 0 Å². The summed E-state index contributed by atoms with van der Waals surface area (Å²) in [6, 6.07) is 0.517. The normalized spacial score (nSPS) is 24.2. The number of nitrogens with one attached hydrogen (secondary N) is 1. The molecule has 1 N–H and O–H groups in total.